The Hall–Kier alpha value is -2.19. The van der Waals surface area contributed by atoms with Crippen molar-refractivity contribution < 1.29 is 4.79 Å². The van der Waals surface area contributed by atoms with E-state index in [9.17, 15) is 4.79 Å². The van der Waals surface area contributed by atoms with Crippen LogP contribution in [0.2, 0.25) is 10.0 Å². The Labute approximate surface area is 172 Å². The highest BCUT2D eigenvalue weighted by Crippen LogP contribution is 2.35. The first-order valence-electron chi connectivity index (χ1n) is 7.80. The van der Waals surface area contributed by atoms with Gasteiger partial charge in [0.05, 0.1) is 16.4 Å². The molecule has 4 rings (SSSR count). The van der Waals surface area contributed by atoms with Gasteiger partial charge in [0.25, 0.3) is 5.91 Å². The Morgan fingerprint density at radius 3 is 2.78 bits per heavy atom. The largest absolute Gasteiger partial charge is 0.397 e. The summed E-state index contributed by atoms with van der Waals surface area (Å²) in [6.45, 7) is 1.90. The van der Waals surface area contributed by atoms with Crippen molar-refractivity contribution in [1.29, 1.82) is 0 Å². The van der Waals surface area contributed by atoms with E-state index < -0.39 is 0 Å². The fourth-order valence-electron chi connectivity index (χ4n) is 2.56. The average molecular weight is 435 g/mol. The maximum atomic E-state index is 12.7. The number of carbonyl (C=O) groups is 1. The minimum Gasteiger partial charge on any atom is -0.397 e. The molecule has 0 atom stereocenters. The van der Waals surface area contributed by atoms with Crippen molar-refractivity contribution in [3.63, 3.8) is 0 Å². The highest BCUT2D eigenvalue weighted by Gasteiger charge is 2.19. The Kier molecular flexibility index (Phi) is 4.77. The number of carbonyl (C=O) groups excluding carboxylic acids is 1. The fraction of sp³-hybridized carbons (Fsp3) is 0.0556. The molecule has 0 aliphatic rings. The molecule has 3 aromatic heterocycles. The second-order valence-corrected chi connectivity index (χ2v) is 8.47. The van der Waals surface area contributed by atoms with Gasteiger partial charge in [-0.25, -0.2) is 9.97 Å². The molecule has 4 aromatic rings. The molecule has 3 N–H and O–H groups in total. The van der Waals surface area contributed by atoms with Crippen LogP contribution in [0, 0.1) is 6.92 Å². The van der Waals surface area contributed by atoms with Crippen LogP contribution in [0.5, 0.6) is 0 Å². The number of pyridine rings is 1. The summed E-state index contributed by atoms with van der Waals surface area (Å²) in [5.74, 6) is -0.309. The van der Waals surface area contributed by atoms with Crippen LogP contribution in [-0.4, -0.2) is 15.9 Å². The lowest BCUT2D eigenvalue weighted by atomic mass is 10.2. The Morgan fingerprint density at radius 1 is 1.19 bits per heavy atom. The first kappa shape index (κ1) is 18.2. The summed E-state index contributed by atoms with van der Waals surface area (Å²) in [6, 6.07) is 8.94. The highest BCUT2D eigenvalue weighted by molar-refractivity contribution is 7.21. The molecule has 0 fully saturated rings. The van der Waals surface area contributed by atoms with Gasteiger partial charge in [-0.2, -0.15) is 0 Å². The molecule has 136 valence electrons. The van der Waals surface area contributed by atoms with Gasteiger partial charge in [-0.15, -0.1) is 22.7 Å². The van der Waals surface area contributed by atoms with E-state index in [0.29, 0.717) is 31.4 Å². The predicted molar refractivity (Wildman–Crippen MR) is 114 cm³/mol. The average Bonchev–Trinajstić information content (AvgIpc) is 3.19. The van der Waals surface area contributed by atoms with Gasteiger partial charge in [-0.3, -0.25) is 10.1 Å². The third-order valence-corrected chi connectivity index (χ3v) is 6.29. The molecule has 0 aliphatic carbocycles. The van der Waals surface area contributed by atoms with Crippen LogP contribution < -0.4 is 11.1 Å². The van der Waals surface area contributed by atoms with Crippen LogP contribution in [0.4, 0.5) is 10.8 Å². The molecule has 0 spiro atoms. The van der Waals surface area contributed by atoms with Gasteiger partial charge in [-0.05, 0) is 37.3 Å². The third kappa shape index (κ3) is 3.51. The van der Waals surface area contributed by atoms with Crippen molar-refractivity contribution >= 4 is 72.8 Å². The number of benzene rings is 1. The molecule has 3 heterocycles. The summed E-state index contributed by atoms with van der Waals surface area (Å²) >= 11 is 14.7. The number of amides is 1. The van der Waals surface area contributed by atoms with Crippen LogP contribution >= 0.6 is 45.9 Å². The molecule has 0 radical (unpaired) electrons. The number of hydrogen-bond acceptors (Lipinski definition) is 6. The number of thiazole rings is 1. The number of nitrogen functional groups attached to an aromatic ring is 1. The molecule has 0 saturated carbocycles. The zero-order chi connectivity index (χ0) is 19.1. The number of thiophene rings is 1. The second-order valence-electron chi connectivity index (χ2n) is 5.77. The summed E-state index contributed by atoms with van der Waals surface area (Å²) in [7, 11) is 0. The molecule has 0 aliphatic heterocycles. The molecular formula is C18H12Cl2N4OS2. The summed E-state index contributed by atoms with van der Waals surface area (Å²) in [4.78, 5) is 22.7. The number of nitrogens with zero attached hydrogens (tertiary/aromatic N) is 2. The lowest BCUT2D eigenvalue weighted by molar-refractivity contribution is 0.103. The lowest BCUT2D eigenvalue weighted by Crippen LogP contribution is -2.11. The van der Waals surface area contributed by atoms with Crippen molar-refractivity contribution in [1.82, 2.24) is 9.97 Å². The van der Waals surface area contributed by atoms with E-state index in [-0.39, 0.29) is 5.91 Å². The van der Waals surface area contributed by atoms with Gasteiger partial charge in [0.1, 0.15) is 9.71 Å². The summed E-state index contributed by atoms with van der Waals surface area (Å²) in [5.41, 5.74) is 8.85. The molecule has 0 bridgehead atoms. The Bertz CT molecular complexity index is 1190. The van der Waals surface area contributed by atoms with Crippen molar-refractivity contribution in [3.05, 3.63) is 56.3 Å². The number of rotatable bonds is 3. The van der Waals surface area contributed by atoms with E-state index >= 15 is 0 Å². The van der Waals surface area contributed by atoms with Crippen molar-refractivity contribution in [2.75, 3.05) is 11.1 Å². The van der Waals surface area contributed by atoms with E-state index in [2.05, 4.69) is 15.3 Å². The van der Waals surface area contributed by atoms with Gasteiger partial charge in [-0.1, -0.05) is 23.2 Å². The first-order valence-corrected chi connectivity index (χ1v) is 10.3. The molecule has 9 heteroatoms. The van der Waals surface area contributed by atoms with Crippen LogP contribution in [0.15, 0.2) is 35.7 Å². The number of nitrogens with one attached hydrogen (secondary N) is 1. The van der Waals surface area contributed by atoms with Crippen LogP contribution in [0.3, 0.4) is 0 Å². The number of fused-ring (bicyclic) bond motifs is 1. The van der Waals surface area contributed by atoms with E-state index in [1.807, 2.05) is 24.4 Å². The maximum absolute atomic E-state index is 12.7. The number of halogens is 2. The monoisotopic (exact) mass is 434 g/mol. The van der Waals surface area contributed by atoms with Crippen molar-refractivity contribution in [2.24, 2.45) is 0 Å². The van der Waals surface area contributed by atoms with Gasteiger partial charge in [0, 0.05) is 27.0 Å². The van der Waals surface area contributed by atoms with Crippen LogP contribution in [0.1, 0.15) is 15.4 Å². The zero-order valence-electron chi connectivity index (χ0n) is 13.9. The Morgan fingerprint density at radius 2 is 2.00 bits per heavy atom. The second kappa shape index (κ2) is 7.09. The van der Waals surface area contributed by atoms with E-state index in [0.717, 1.165) is 21.5 Å². The van der Waals surface area contributed by atoms with Gasteiger partial charge >= 0.3 is 0 Å². The third-order valence-electron chi connectivity index (χ3n) is 3.87. The fourth-order valence-corrected chi connectivity index (χ4v) is 4.81. The van der Waals surface area contributed by atoms with E-state index in [4.69, 9.17) is 28.9 Å². The summed E-state index contributed by atoms with van der Waals surface area (Å²) in [6.07, 6.45) is 0. The minimum atomic E-state index is -0.309. The predicted octanol–water partition coefficient (Wildman–Crippen LogP) is 5.87. The topological polar surface area (TPSA) is 80.9 Å². The minimum absolute atomic E-state index is 0.309. The normalized spacial score (nSPS) is 11.1. The molecule has 1 amide bonds. The molecule has 1 aromatic carbocycles. The van der Waals surface area contributed by atoms with E-state index in [1.54, 1.807) is 18.2 Å². The number of anilines is 2. The number of aromatic nitrogens is 2. The van der Waals surface area contributed by atoms with Gasteiger partial charge in [0.15, 0.2) is 5.13 Å². The Balaban J connectivity index is 1.61. The van der Waals surface area contributed by atoms with Crippen molar-refractivity contribution in [3.8, 4) is 11.3 Å². The zero-order valence-corrected chi connectivity index (χ0v) is 17.1. The molecule has 0 unspecified atom stereocenters. The number of aryl methyl sites for hydroxylation is 1. The molecule has 27 heavy (non-hydrogen) atoms. The van der Waals surface area contributed by atoms with Crippen LogP contribution in [0.25, 0.3) is 21.5 Å². The molecular weight excluding hydrogens is 423 g/mol. The lowest BCUT2D eigenvalue weighted by Gasteiger charge is -2.02. The number of nitrogens with two attached hydrogens (primary N) is 1. The van der Waals surface area contributed by atoms with Gasteiger partial charge in [0.2, 0.25) is 0 Å². The maximum Gasteiger partial charge on any atom is 0.269 e. The summed E-state index contributed by atoms with van der Waals surface area (Å²) < 4.78 is 0. The molecule has 5 nitrogen and oxygen atoms in total. The smallest absolute Gasteiger partial charge is 0.269 e. The van der Waals surface area contributed by atoms with Crippen molar-refractivity contribution in [2.45, 2.75) is 6.92 Å². The van der Waals surface area contributed by atoms with Gasteiger partial charge < -0.3 is 5.73 Å². The molecule has 0 saturated heterocycles. The van der Waals surface area contributed by atoms with E-state index in [1.165, 1.54) is 22.7 Å². The van der Waals surface area contributed by atoms with Crippen LogP contribution in [-0.2, 0) is 0 Å². The summed E-state index contributed by atoms with van der Waals surface area (Å²) in [5, 5.41) is 6.92. The highest BCUT2D eigenvalue weighted by atomic mass is 35.5. The SMILES string of the molecule is Cc1ccc2c(N)c(C(=O)Nc3nc(-c4ccc(Cl)cc4Cl)cs3)sc2n1. The number of hydrogen-bond donors (Lipinski definition) is 2. The first-order chi connectivity index (χ1) is 12.9. The standard InChI is InChI=1S/C18H12Cl2N4OS2/c1-8-2-4-11-14(21)15(27-17(11)22-8)16(25)24-18-23-13(7-26-18)10-5-3-9(19)6-12(10)20/h2-7H,21H2,1H3,(H,23,24,25). The quantitative estimate of drug-likeness (QED) is 0.422.